The molecule has 2 aromatic carbocycles. The molecule has 0 bridgehead atoms. The molecule has 0 aliphatic heterocycles. The van der Waals surface area contributed by atoms with Crippen LogP contribution in [0.15, 0.2) is 65.6 Å². The number of aromatic nitrogens is 2. The number of aromatic amines is 1. The molecular weight excluding hydrogens is 336 g/mol. The fourth-order valence-electron chi connectivity index (χ4n) is 2.54. The smallest absolute Gasteiger partial charge is 0.241 e. The molecule has 0 fully saturated rings. The molecule has 2 heterocycles. The fraction of sp³-hybridized carbons (Fsp3) is 0. The Morgan fingerprint density at radius 3 is 2.17 bits per heavy atom. The van der Waals surface area contributed by atoms with Crippen LogP contribution >= 0.6 is 0 Å². The summed E-state index contributed by atoms with van der Waals surface area (Å²) in [5, 5.41) is 2.97. The number of hydrogen-bond donors (Lipinski definition) is 1. The third kappa shape index (κ3) is 3.51. The van der Waals surface area contributed by atoms with Crippen LogP contribution < -0.4 is 28.6 Å². The van der Waals surface area contributed by atoms with Crippen molar-refractivity contribution in [2.24, 2.45) is 0 Å². The Balaban J connectivity index is 0.000000300. The van der Waals surface area contributed by atoms with Crippen molar-refractivity contribution in [2.45, 2.75) is 0 Å². The Labute approximate surface area is 137 Å². The van der Waals surface area contributed by atoms with Crippen molar-refractivity contribution in [2.75, 3.05) is 0 Å². The van der Waals surface area contributed by atoms with Crippen molar-refractivity contribution in [3.63, 3.8) is 0 Å². The maximum Gasteiger partial charge on any atom is 0.343 e. The summed E-state index contributed by atoms with van der Waals surface area (Å²) in [4.78, 5) is 15.0. The van der Waals surface area contributed by atoms with Crippen molar-refractivity contribution in [1.82, 2.24) is 4.98 Å². The Bertz CT molecular complexity index is 1080. The number of fused-ring (bicyclic) bond motifs is 4. The van der Waals surface area contributed by atoms with Gasteiger partial charge in [-0.15, -0.1) is 10.2 Å². The number of benzene rings is 2. The van der Waals surface area contributed by atoms with Crippen LogP contribution in [0.3, 0.4) is 0 Å². The molecule has 24 heavy (non-hydrogen) atoms. The molecule has 0 saturated heterocycles. The topological polar surface area (TPSA) is 129 Å². The molecule has 2 aromatic heterocycles. The summed E-state index contributed by atoms with van der Waals surface area (Å²) < 4.78 is 36.0. The molecule has 0 aliphatic rings. The van der Waals surface area contributed by atoms with Crippen molar-refractivity contribution >= 4 is 27.3 Å². The van der Waals surface area contributed by atoms with E-state index in [4.69, 9.17) is 18.6 Å². The first kappa shape index (κ1) is 16.3. The molecule has 0 aliphatic carbocycles. The molecule has 1 N–H and O–H groups in total. The van der Waals surface area contributed by atoms with Crippen molar-refractivity contribution in [1.29, 1.82) is 0 Å². The monoisotopic (exact) mass is 346 g/mol. The highest BCUT2D eigenvalue weighted by atomic mass is 35.7. The van der Waals surface area contributed by atoms with Crippen LogP contribution in [0.25, 0.3) is 27.3 Å². The zero-order valence-corrected chi connectivity index (χ0v) is 12.9. The zero-order valence-electron chi connectivity index (χ0n) is 12.1. The third-order valence-corrected chi connectivity index (χ3v) is 3.47. The second-order valence-electron chi connectivity index (χ2n) is 5.01. The SMILES string of the molecule is O=c1[nH]c2cc3ccccc3c[n+]2c2ccccc12.[O-][Cl+3]([O-])([O-])[O-]. The van der Waals surface area contributed by atoms with E-state index in [1.54, 1.807) is 0 Å². The maximum absolute atomic E-state index is 12.1. The number of para-hydroxylation sites is 1. The van der Waals surface area contributed by atoms with Gasteiger partial charge >= 0.3 is 5.56 Å². The summed E-state index contributed by atoms with van der Waals surface area (Å²) in [5.41, 5.74) is 1.68. The van der Waals surface area contributed by atoms with Gasteiger partial charge in [-0.25, -0.2) is 28.4 Å². The van der Waals surface area contributed by atoms with Gasteiger partial charge in [-0.3, -0.25) is 0 Å². The quantitative estimate of drug-likeness (QED) is 0.217. The molecule has 0 unspecified atom stereocenters. The highest BCUT2D eigenvalue weighted by molar-refractivity contribution is 5.84. The Morgan fingerprint density at radius 1 is 0.875 bits per heavy atom. The second-order valence-corrected chi connectivity index (χ2v) is 5.76. The second kappa shape index (κ2) is 6.16. The summed E-state index contributed by atoms with van der Waals surface area (Å²) in [6.07, 6.45) is 2.06. The van der Waals surface area contributed by atoms with Crippen LogP contribution in [0.5, 0.6) is 0 Å². The number of nitrogens with one attached hydrogen (secondary N) is 1. The minimum absolute atomic E-state index is 0.0501. The van der Waals surface area contributed by atoms with Gasteiger partial charge in [0.25, 0.3) is 5.65 Å². The molecule has 8 heteroatoms. The van der Waals surface area contributed by atoms with Gasteiger partial charge in [0.2, 0.25) is 0 Å². The molecule has 7 nitrogen and oxygen atoms in total. The summed E-state index contributed by atoms with van der Waals surface area (Å²) in [7, 11) is -4.94. The average Bonchev–Trinajstić information content (AvgIpc) is 2.52. The Kier molecular flexibility index (Phi) is 4.18. The average molecular weight is 347 g/mol. The van der Waals surface area contributed by atoms with Crippen molar-refractivity contribution in [3.05, 3.63) is 71.1 Å². The normalized spacial score (nSPS) is 11.5. The third-order valence-electron chi connectivity index (χ3n) is 3.47. The van der Waals surface area contributed by atoms with E-state index >= 15 is 0 Å². The van der Waals surface area contributed by atoms with Crippen LogP contribution in [-0.4, -0.2) is 4.98 Å². The largest absolute Gasteiger partial charge is 0.343 e. The van der Waals surface area contributed by atoms with Gasteiger partial charge in [0.05, 0.1) is 0 Å². The van der Waals surface area contributed by atoms with Crippen LogP contribution in [0.2, 0.25) is 0 Å². The summed E-state index contributed by atoms with van der Waals surface area (Å²) >= 11 is 0. The molecule has 0 amide bonds. The highest BCUT2D eigenvalue weighted by Gasteiger charge is 2.11. The van der Waals surface area contributed by atoms with E-state index in [-0.39, 0.29) is 5.56 Å². The van der Waals surface area contributed by atoms with Crippen LogP contribution in [0.4, 0.5) is 0 Å². The van der Waals surface area contributed by atoms with Crippen molar-refractivity contribution < 1.29 is 33.3 Å². The van der Waals surface area contributed by atoms with Gasteiger partial charge in [0.1, 0.15) is 17.1 Å². The molecule has 0 spiro atoms. The molecule has 122 valence electrons. The fourth-order valence-corrected chi connectivity index (χ4v) is 2.54. The lowest BCUT2D eigenvalue weighted by Crippen LogP contribution is -2.68. The standard InChI is InChI=1S/C16H10N2O.ClHO4/c19-16-13-7-3-4-8-14(13)18-10-12-6-2-1-5-11(12)9-15(18)17-16;2-1(3,4)5/h1-10H;(H,2,3,4,5). The first-order valence-corrected chi connectivity index (χ1v) is 8.03. The lowest BCUT2D eigenvalue weighted by Gasteiger charge is -2.17. The Hall–Kier alpha value is -2.55. The van der Waals surface area contributed by atoms with Gasteiger partial charge in [-0.2, -0.15) is 4.40 Å². The summed E-state index contributed by atoms with van der Waals surface area (Å²) in [5.74, 6) is 0. The maximum atomic E-state index is 12.1. The van der Waals surface area contributed by atoms with E-state index in [0.717, 1.165) is 21.9 Å². The zero-order chi connectivity index (χ0) is 17.3. The number of halogens is 1. The predicted octanol–water partition coefficient (Wildman–Crippen LogP) is -2.34. The van der Waals surface area contributed by atoms with E-state index in [1.165, 1.54) is 0 Å². The molecular formula is C16H11ClN2O5. The molecule has 4 aromatic rings. The highest BCUT2D eigenvalue weighted by Crippen LogP contribution is 2.13. The van der Waals surface area contributed by atoms with Gasteiger partial charge < -0.3 is 0 Å². The molecule has 4 rings (SSSR count). The van der Waals surface area contributed by atoms with Gasteiger partial charge in [-0.05, 0) is 17.5 Å². The molecule has 0 radical (unpaired) electrons. The van der Waals surface area contributed by atoms with E-state index in [9.17, 15) is 4.79 Å². The number of pyridine rings is 1. The number of nitrogens with zero attached hydrogens (tertiary/aromatic N) is 1. The molecule has 0 atom stereocenters. The lowest BCUT2D eigenvalue weighted by molar-refractivity contribution is -2.00. The summed E-state index contributed by atoms with van der Waals surface area (Å²) in [6.45, 7) is 0. The van der Waals surface area contributed by atoms with Gasteiger partial charge in [0, 0.05) is 11.5 Å². The van der Waals surface area contributed by atoms with Crippen LogP contribution in [-0.2, 0) is 0 Å². The van der Waals surface area contributed by atoms with Crippen LogP contribution in [0.1, 0.15) is 0 Å². The van der Waals surface area contributed by atoms with Gasteiger partial charge in [-0.1, -0.05) is 36.4 Å². The minimum Gasteiger partial charge on any atom is -0.241 e. The first-order chi connectivity index (χ1) is 11.3. The van der Waals surface area contributed by atoms with E-state index in [0.29, 0.717) is 5.39 Å². The number of H-pyrrole nitrogens is 1. The molecule has 0 saturated carbocycles. The number of rotatable bonds is 0. The minimum atomic E-state index is -4.94. The predicted molar refractivity (Wildman–Crippen MR) is 75.2 cm³/mol. The Morgan fingerprint density at radius 2 is 1.46 bits per heavy atom. The first-order valence-electron chi connectivity index (χ1n) is 6.80. The number of hydrogen-bond acceptors (Lipinski definition) is 5. The van der Waals surface area contributed by atoms with Crippen LogP contribution in [0, 0.1) is 10.2 Å². The van der Waals surface area contributed by atoms with Crippen molar-refractivity contribution in [3.8, 4) is 0 Å². The summed E-state index contributed by atoms with van der Waals surface area (Å²) in [6, 6.07) is 17.8. The van der Waals surface area contributed by atoms with E-state index < -0.39 is 10.2 Å². The van der Waals surface area contributed by atoms with Gasteiger partial charge in [0.15, 0.2) is 0 Å². The van der Waals surface area contributed by atoms with E-state index in [1.807, 2.05) is 52.9 Å². The lowest BCUT2D eigenvalue weighted by atomic mass is 10.1. The van der Waals surface area contributed by atoms with E-state index in [2.05, 4.69) is 17.2 Å².